The van der Waals surface area contributed by atoms with Gasteiger partial charge in [-0.15, -0.1) is 0 Å². The smallest absolute Gasteiger partial charge is 0.318 e. The van der Waals surface area contributed by atoms with Gasteiger partial charge in [0.05, 0.1) is 36.8 Å². The summed E-state index contributed by atoms with van der Waals surface area (Å²) in [6, 6.07) is 10.4. The van der Waals surface area contributed by atoms with Crippen molar-refractivity contribution in [2.24, 2.45) is 11.8 Å². The number of hydrogen-bond acceptors (Lipinski definition) is 10. The highest BCUT2D eigenvalue weighted by atomic mass is 35.5. The molecule has 7 heterocycles. The van der Waals surface area contributed by atoms with E-state index in [0.29, 0.717) is 78.1 Å². The minimum Gasteiger partial charge on any atom is -0.467 e. The lowest BCUT2D eigenvalue weighted by atomic mass is 10.0. The average Bonchev–Trinajstić information content (AvgIpc) is 4.00. The van der Waals surface area contributed by atoms with E-state index >= 15 is 4.39 Å². The van der Waals surface area contributed by atoms with Crippen LogP contribution >= 0.6 is 11.6 Å². The van der Waals surface area contributed by atoms with Gasteiger partial charge in [-0.2, -0.15) is 15.2 Å². The Labute approximate surface area is 329 Å². The van der Waals surface area contributed by atoms with Crippen LogP contribution in [0, 0.1) is 34.8 Å². The molecule has 5 aliphatic heterocycles. The number of nitrogens with zero attached hydrogens (tertiary/aromatic N) is 8. The number of carbonyl (C=O) groups excluding carboxylic acids is 1. The molecule has 0 aliphatic carbocycles. The number of aromatic nitrogens is 3. The van der Waals surface area contributed by atoms with E-state index in [0.717, 1.165) is 45.8 Å². The highest BCUT2D eigenvalue weighted by molar-refractivity contribution is 6.36. The number of piperazine rings is 1. The summed E-state index contributed by atoms with van der Waals surface area (Å²) >= 11 is 6.32. The van der Waals surface area contributed by atoms with Crippen molar-refractivity contribution >= 4 is 45.0 Å². The van der Waals surface area contributed by atoms with Gasteiger partial charge >= 0.3 is 6.01 Å². The van der Waals surface area contributed by atoms with Gasteiger partial charge in [0.2, 0.25) is 5.91 Å². The van der Waals surface area contributed by atoms with E-state index < -0.39 is 17.8 Å². The van der Waals surface area contributed by atoms with E-state index in [1.165, 1.54) is 39.1 Å². The Kier molecular flexibility index (Phi) is 12.6. The molecule has 4 atom stereocenters. The summed E-state index contributed by atoms with van der Waals surface area (Å²) in [5.41, 5.74) is 0.378. The number of likely N-dealkylation sites (tertiary alicyclic amines) is 1. The third-order valence-electron chi connectivity index (χ3n) is 11.3. The zero-order valence-corrected chi connectivity index (χ0v) is 32.4. The highest BCUT2D eigenvalue weighted by Gasteiger charge is 2.37. The lowest BCUT2D eigenvalue weighted by Crippen LogP contribution is -2.48. The van der Waals surface area contributed by atoms with Gasteiger partial charge < -0.3 is 19.3 Å². The molecule has 5 saturated heterocycles. The molecule has 296 valence electrons. The number of benzene rings is 2. The van der Waals surface area contributed by atoms with E-state index in [1.807, 2.05) is 11.0 Å². The Balaban J connectivity index is 0.000000342. The normalized spacial score (nSPS) is 23.4. The van der Waals surface area contributed by atoms with Crippen LogP contribution in [0.25, 0.3) is 32.9 Å². The number of fused-ring (bicyclic) bond motifs is 4. The molecule has 4 unspecified atom stereocenters. The quantitative estimate of drug-likeness (QED) is 0.207. The van der Waals surface area contributed by atoms with Crippen LogP contribution in [0.2, 0.25) is 5.02 Å². The molecule has 0 bridgehead atoms. The molecular formula is C41H46ClF3N8O3. The number of pyridine rings is 1. The number of anilines is 1. The first-order valence-electron chi connectivity index (χ1n) is 19.2. The predicted molar refractivity (Wildman–Crippen MR) is 209 cm³/mol. The van der Waals surface area contributed by atoms with Crippen LogP contribution in [-0.4, -0.2) is 127 Å². The number of alkyl halides is 1. The summed E-state index contributed by atoms with van der Waals surface area (Å²) < 4.78 is 54.1. The molecule has 2 aromatic carbocycles. The topological polar surface area (TPSA) is 111 Å². The second-order valence-corrected chi connectivity index (χ2v) is 15.2. The van der Waals surface area contributed by atoms with Crippen molar-refractivity contribution in [2.75, 3.05) is 84.1 Å². The molecule has 0 spiro atoms. The minimum atomic E-state index is -0.689. The lowest BCUT2D eigenvalue weighted by Gasteiger charge is -2.35. The van der Waals surface area contributed by atoms with E-state index in [9.17, 15) is 13.6 Å². The molecule has 0 saturated carbocycles. The Bertz CT molecular complexity index is 2100. The van der Waals surface area contributed by atoms with Crippen LogP contribution in [0.15, 0.2) is 48.7 Å². The van der Waals surface area contributed by atoms with Crippen molar-refractivity contribution in [3.8, 4) is 23.3 Å². The first-order chi connectivity index (χ1) is 27.2. The van der Waals surface area contributed by atoms with E-state index in [-0.39, 0.29) is 28.2 Å². The van der Waals surface area contributed by atoms with Crippen LogP contribution in [0.1, 0.15) is 26.2 Å². The molecule has 0 N–H and O–H groups in total. The van der Waals surface area contributed by atoms with Gasteiger partial charge in [0.1, 0.15) is 29.0 Å². The van der Waals surface area contributed by atoms with Crippen LogP contribution in [-0.2, 0) is 9.53 Å². The fourth-order valence-corrected chi connectivity index (χ4v) is 8.83. The van der Waals surface area contributed by atoms with Gasteiger partial charge in [-0.3, -0.25) is 19.6 Å². The summed E-state index contributed by atoms with van der Waals surface area (Å²) in [4.78, 5) is 34.7. The lowest BCUT2D eigenvalue weighted by molar-refractivity contribution is -0.126. The van der Waals surface area contributed by atoms with Crippen LogP contribution in [0.4, 0.5) is 19.0 Å². The second-order valence-electron chi connectivity index (χ2n) is 14.8. The summed E-state index contributed by atoms with van der Waals surface area (Å²) in [5, 5.41) is 8.65. The summed E-state index contributed by atoms with van der Waals surface area (Å²) in [7, 11) is 1.42. The second kappa shape index (κ2) is 17.7. The summed E-state index contributed by atoms with van der Waals surface area (Å²) in [6.45, 7) is 9.70. The molecule has 15 heteroatoms. The summed E-state index contributed by atoms with van der Waals surface area (Å²) in [6.07, 6.45) is 7.94. The van der Waals surface area contributed by atoms with Crippen molar-refractivity contribution in [1.82, 2.24) is 29.7 Å². The number of ether oxygens (including phenoxy) is 2. The minimum absolute atomic E-state index is 0.00426. The van der Waals surface area contributed by atoms with Crippen LogP contribution in [0.3, 0.4) is 0 Å². The zero-order chi connectivity index (χ0) is 39.3. The number of amides is 1. The van der Waals surface area contributed by atoms with Gasteiger partial charge in [-0.1, -0.05) is 41.9 Å². The Hall–Kier alpha value is -4.55. The molecule has 56 heavy (non-hydrogen) atoms. The molecule has 1 amide bonds. The Morgan fingerprint density at radius 3 is 2.54 bits per heavy atom. The van der Waals surface area contributed by atoms with Crippen LogP contribution in [0.5, 0.6) is 6.01 Å². The average molecular weight is 791 g/mol. The van der Waals surface area contributed by atoms with Crippen molar-refractivity contribution in [3.05, 3.63) is 65.3 Å². The summed E-state index contributed by atoms with van der Waals surface area (Å²) in [5.74, 6) is 0.375. The van der Waals surface area contributed by atoms with Crippen molar-refractivity contribution in [1.29, 1.82) is 5.26 Å². The van der Waals surface area contributed by atoms with Crippen molar-refractivity contribution in [2.45, 2.75) is 38.4 Å². The Morgan fingerprint density at radius 2 is 1.82 bits per heavy atom. The molecule has 5 fully saturated rings. The number of hydrogen-bond donors (Lipinski definition) is 0. The molecule has 4 aromatic rings. The fourth-order valence-electron chi connectivity index (χ4n) is 8.56. The zero-order valence-electron chi connectivity index (χ0n) is 31.6. The molecule has 2 aromatic heterocycles. The molecular weight excluding hydrogens is 745 g/mol. The molecule has 5 aliphatic rings. The van der Waals surface area contributed by atoms with Gasteiger partial charge in [-0.25, -0.2) is 13.2 Å². The number of rotatable bonds is 6. The van der Waals surface area contributed by atoms with E-state index in [1.54, 1.807) is 41.3 Å². The number of methoxy groups -OCH3 is 1. The SMILES string of the molecule is CC#N.COc1nc(N2CCN(C(=O)/C=C/CN3CC4COCC4C3)CC2)c2cnc(-c3cccc4ccc(F)c(Cl)c34)c(F)c2n1.FC1CC2CCCN2C1. The van der Waals surface area contributed by atoms with Crippen molar-refractivity contribution in [3.63, 3.8) is 0 Å². The number of carbonyl (C=O) groups is 1. The standard InChI is InChI=1S/C32H31ClF2N6O3.C7H12FN.C2H3N/c1-43-32-37-30-23(14-36-29(28(30)35)22-5-2-4-19-7-8-24(34)27(33)26(19)22)31(38-32)41-12-10-40(11-13-41)25(42)6-3-9-39-15-20-17-44-18-21(20)16-39;8-6-4-7-2-1-3-9(7)5-6;1-2-3/h2-8,14,20-21H,9-13,15-18H2,1H3;6-7H,1-5H2;1H3/b6-3+;;. The third kappa shape index (κ3) is 8.41. The fraction of sp³-hybridized carbons (Fsp3) is 0.488. The van der Waals surface area contributed by atoms with Gasteiger partial charge in [-0.05, 0) is 37.3 Å². The van der Waals surface area contributed by atoms with Crippen LogP contribution < -0.4 is 9.64 Å². The first kappa shape index (κ1) is 39.7. The largest absolute Gasteiger partial charge is 0.467 e. The van der Waals surface area contributed by atoms with Crippen molar-refractivity contribution < 1.29 is 27.4 Å². The maximum atomic E-state index is 16.2. The van der Waals surface area contributed by atoms with E-state index in [4.69, 9.17) is 26.3 Å². The molecule has 9 rings (SSSR count). The Morgan fingerprint density at radius 1 is 1.07 bits per heavy atom. The maximum Gasteiger partial charge on any atom is 0.318 e. The van der Waals surface area contributed by atoms with Gasteiger partial charge in [0.25, 0.3) is 0 Å². The third-order valence-corrected chi connectivity index (χ3v) is 11.7. The van der Waals surface area contributed by atoms with Gasteiger partial charge in [0.15, 0.2) is 5.82 Å². The number of halogens is 4. The molecule has 11 nitrogen and oxygen atoms in total. The van der Waals surface area contributed by atoms with E-state index in [2.05, 4.69) is 24.8 Å². The monoisotopic (exact) mass is 790 g/mol. The first-order valence-corrected chi connectivity index (χ1v) is 19.5. The highest BCUT2D eigenvalue weighted by Crippen LogP contribution is 2.38. The molecule has 0 radical (unpaired) electrons. The number of nitriles is 1. The maximum absolute atomic E-state index is 16.2. The van der Waals surface area contributed by atoms with Gasteiger partial charge in [0, 0.05) is 100 Å². The predicted octanol–water partition coefficient (Wildman–Crippen LogP) is 6.29.